The van der Waals surface area contributed by atoms with Crippen LogP contribution in [0.2, 0.25) is 0 Å². The molecule has 0 unspecified atom stereocenters. The summed E-state index contributed by atoms with van der Waals surface area (Å²) in [6.45, 7) is 2.74. The number of hydrogen-bond acceptors (Lipinski definition) is 3. The summed E-state index contributed by atoms with van der Waals surface area (Å²) in [5.74, 6) is 0. The fraction of sp³-hybridized carbons (Fsp3) is 0.333. The van der Waals surface area contributed by atoms with E-state index in [4.69, 9.17) is 5.11 Å². The molecule has 0 amide bonds. The Morgan fingerprint density at radius 3 is 3.06 bits per heavy atom. The quantitative estimate of drug-likeness (QED) is 0.844. The molecule has 2 heterocycles. The van der Waals surface area contributed by atoms with Crippen molar-refractivity contribution in [1.29, 1.82) is 0 Å². The van der Waals surface area contributed by atoms with E-state index in [1.54, 1.807) is 10.9 Å². The molecule has 16 heavy (non-hydrogen) atoms. The van der Waals surface area contributed by atoms with Crippen LogP contribution in [-0.2, 0) is 13.0 Å². The molecule has 4 heteroatoms. The SMILES string of the molecule is CCc1ccnc(-c2cnn(CCO)c2)c1. The van der Waals surface area contributed by atoms with E-state index in [1.165, 1.54) is 5.56 Å². The lowest BCUT2D eigenvalue weighted by Gasteiger charge is -1.99. The van der Waals surface area contributed by atoms with E-state index in [2.05, 4.69) is 23.1 Å². The van der Waals surface area contributed by atoms with Crippen molar-refractivity contribution in [3.05, 3.63) is 36.3 Å². The third-order valence-electron chi connectivity index (χ3n) is 2.49. The number of aliphatic hydroxyl groups is 1. The van der Waals surface area contributed by atoms with Gasteiger partial charge in [0.25, 0.3) is 0 Å². The summed E-state index contributed by atoms with van der Waals surface area (Å²) in [6, 6.07) is 4.09. The van der Waals surface area contributed by atoms with Gasteiger partial charge in [-0.15, -0.1) is 0 Å². The fourth-order valence-corrected chi connectivity index (χ4v) is 1.57. The van der Waals surface area contributed by atoms with E-state index < -0.39 is 0 Å². The summed E-state index contributed by atoms with van der Waals surface area (Å²) >= 11 is 0. The molecule has 2 aromatic rings. The Hall–Kier alpha value is -1.68. The summed E-state index contributed by atoms with van der Waals surface area (Å²) in [7, 11) is 0. The first-order valence-electron chi connectivity index (χ1n) is 5.42. The zero-order valence-electron chi connectivity index (χ0n) is 9.30. The molecule has 0 radical (unpaired) electrons. The molecular formula is C12H15N3O. The Kier molecular flexibility index (Phi) is 3.31. The van der Waals surface area contributed by atoms with Gasteiger partial charge in [0.05, 0.1) is 25.0 Å². The third-order valence-corrected chi connectivity index (χ3v) is 2.49. The van der Waals surface area contributed by atoms with Crippen molar-refractivity contribution in [2.24, 2.45) is 0 Å². The number of rotatable bonds is 4. The summed E-state index contributed by atoms with van der Waals surface area (Å²) in [5.41, 5.74) is 3.19. The van der Waals surface area contributed by atoms with Gasteiger partial charge in [0.2, 0.25) is 0 Å². The Morgan fingerprint density at radius 2 is 2.31 bits per heavy atom. The Bertz CT molecular complexity index is 465. The van der Waals surface area contributed by atoms with Crippen molar-refractivity contribution in [1.82, 2.24) is 14.8 Å². The van der Waals surface area contributed by atoms with Gasteiger partial charge < -0.3 is 5.11 Å². The van der Waals surface area contributed by atoms with Gasteiger partial charge in [-0.1, -0.05) is 6.92 Å². The molecule has 0 aliphatic heterocycles. The van der Waals surface area contributed by atoms with E-state index in [-0.39, 0.29) is 6.61 Å². The summed E-state index contributed by atoms with van der Waals surface area (Å²) < 4.78 is 1.72. The van der Waals surface area contributed by atoms with Crippen LogP contribution < -0.4 is 0 Å². The molecule has 0 aromatic carbocycles. The molecule has 1 N–H and O–H groups in total. The van der Waals surface area contributed by atoms with Gasteiger partial charge in [-0.25, -0.2) is 0 Å². The molecule has 0 bridgehead atoms. The van der Waals surface area contributed by atoms with Crippen molar-refractivity contribution >= 4 is 0 Å². The predicted octanol–water partition coefficient (Wildman–Crippen LogP) is 1.50. The molecule has 0 spiro atoms. The normalized spacial score (nSPS) is 10.6. The molecule has 0 saturated heterocycles. The largest absolute Gasteiger partial charge is 0.394 e. The van der Waals surface area contributed by atoms with Gasteiger partial charge in [-0.2, -0.15) is 5.10 Å². The summed E-state index contributed by atoms with van der Waals surface area (Å²) in [4.78, 5) is 4.32. The van der Waals surface area contributed by atoms with Crippen LogP contribution in [0, 0.1) is 0 Å². The average Bonchev–Trinajstić information content (AvgIpc) is 2.78. The smallest absolute Gasteiger partial charge is 0.0736 e. The van der Waals surface area contributed by atoms with E-state index in [0.29, 0.717) is 6.54 Å². The van der Waals surface area contributed by atoms with E-state index >= 15 is 0 Å². The highest BCUT2D eigenvalue weighted by atomic mass is 16.3. The van der Waals surface area contributed by atoms with Gasteiger partial charge in [0.15, 0.2) is 0 Å². The molecule has 84 valence electrons. The van der Waals surface area contributed by atoms with Crippen LogP contribution in [0.5, 0.6) is 0 Å². The Morgan fingerprint density at radius 1 is 1.44 bits per heavy atom. The van der Waals surface area contributed by atoms with Crippen LogP contribution in [0.1, 0.15) is 12.5 Å². The second-order valence-corrected chi connectivity index (χ2v) is 3.62. The standard InChI is InChI=1S/C12H15N3O/c1-2-10-3-4-13-12(7-10)11-8-14-15(9-11)5-6-16/h3-4,7-9,16H,2,5-6H2,1H3. The number of aliphatic hydroxyl groups excluding tert-OH is 1. The van der Waals surface area contributed by atoms with Crippen molar-refractivity contribution in [3.8, 4) is 11.3 Å². The highest BCUT2D eigenvalue weighted by molar-refractivity contribution is 5.57. The van der Waals surface area contributed by atoms with Gasteiger partial charge in [-0.3, -0.25) is 9.67 Å². The van der Waals surface area contributed by atoms with Crippen LogP contribution in [0.15, 0.2) is 30.7 Å². The van der Waals surface area contributed by atoms with Gasteiger partial charge in [0, 0.05) is 18.0 Å². The number of aromatic nitrogens is 3. The molecule has 0 aliphatic rings. The molecule has 0 saturated carbocycles. The Labute approximate surface area is 94.6 Å². The molecule has 2 rings (SSSR count). The molecule has 4 nitrogen and oxygen atoms in total. The van der Waals surface area contributed by atoms with Crippen molar-refractivity contribution in [2.75, 3.05) is 6.61 Å². The maximum absolute atomic E-state index is 8.81. The lowest BCUT2D eigenvalue weighted by Crippen LogP contribution is -2.01. The minimum Gasteiger partial charge on any atom is -0.394 e. The van der Waals surface area contributed by atoms with Gasteiger partial charge in [0.1, 0.15) is 0 Å². The first-order chi connectivity index (χ1) is 7.83. The maximum atomic E-state index is 8.81. The van der Waals surface area contributed by atoms with E-state index in [0.717, 1.165) is 17.7 Å². The van der Waals surface area contributed by atoms with Crippen molar-refractivity contribution in [2.45, 2.75) is 19.9 Å². The highest BCUT2D eigenvalue weighted by Crippen LogP contribution is 2.17. The summed E-state index contributed by atoms with van der Waals surface area (Å²) in [6.07, 6.45) is 6.49. The summed E-state index contributed by atoms with van der Waals surface area (Å²) in [5, 5.41) is 13.0. The molecule has 0 aliphatic carbocycles. The topological polar surface area (TPSA) is 50.9 Å². The average molecular weight is 217 g/mol. The maximum Gasteiger partial charge on any atom is 0.0736 e. The second-order valence-electron chi connectivity index (χ2n) is 3.62. The van der Waals surface area contributed by atoms with E-state index in [9.17, 15) is 0 Å². The first kappa shape index (κ1) is 10.8. The number of pyridine rings is 1. The van der Waals surface area contributed by atoms with Crippen LogP contribution >= 0.6 is 0 Å². The number of hydrogen-bond donors (Lipinski definition) is 1. The lowest BCUT2D eigenvalue weighted by atomic mass is 10.1. The second kappa shape index (κ2) is 4.90. The highest BCUT2D eigenvalue weighted by Gasteiger charge is 2.03. The first-order valence-corrected chi connectivity index (χ1v) is 5.42. The van der Waals surface area contributed by atoms with Crippen LogP contribution in [-0.4, -0.2) is 26.5 Å². The van der Waals surface area contributed by atoms with Crippen LogP contribution in [0.3, 0.4) is 0 Å². The zero-order valence-corrected chi connectivity index (χ0v) is 9.30. The predicted molar refractivity (Wildman–Crippen MR) is 61.9 cm³/mol. The number of nitrogens with zero attached hydrogens (tertiary/aromatic N) is 3. The van der Waals surface area contributed by atoms with E-state index in [1.807, 2.05) is 18.5 Å². The number of aryl methyl sites for hydroxylation is 1. The zero-order chi connectivity index (χ0) is 11.4. The Balaban J connectivity index is 2.27. The van der Waals surface area contributed by atoms with Crippen LogP contribution in [0.4, 0.5) is 0 Å². The van der Waals surface area contributed by atoms with Crippen molar-refractivity contribution < 1.29 is 5.11 Å². The molecule has 0 fully saturated rings. The monoisotopic (exact) mass is 217 g/mol. The minimum atomic E-state index is 0.101. The van der Waals surface area contributed by atoms with Crippen molar-refractivity contribution in [3.63, 3.8) is 0 Å². The lowest BCUT2D eigenvalue weighted by molar-refractivity contribution is 0.269. The molecule has 0 atom stereocenters. The molecular weight excluding hydrogens is 202 g/mol. The third kappa shape index (κ3) is 2.28. The molecule has 2 aromatic heterocycles. The van der Waals surface area contributed by atoms with Crippen LogP contribution in [0.25, 0.3) is 11.3 Å². The minimum absolute atomic E-state index is 0.101. The fourth-order valence-electron chi connectivity index (χ4n) is 1.57. The van der Waals surface area contributed by atoms with Gasteiger partial charge in [-0.05, 0) is 24.1 Å². The van der Waals surface area contributed by atoms with Gasteiger partial charge >= 0.3 is 0 Å².